The van der Waals surface area contributed by atoms with Gasteiger partial charge in [0, 0.05) is 0 Å². The Kier molecular flexibility index (Phi) is 2.64. The second kappa shape index (κ2) is 3.94. The molecule has 1 fully saturated rings. The van der Waals surface area contributed by atoms with Gasteiger partial charge in [-0.2, -0.15) is 5.11 Å². The minimum absolute atomic E-state index is 0.362. The highest BCUT2D eigenvalue weighted by atomic mass is 16.3. The van der Waals surface area contributed by atoms with Gasteiger partial charge in [-0.15, -0.1) is 0 Å². The van der Waals surface area contributed by atoms with Gasteiger partial charge in [0.15, 0.2) is 0 Å². The number of hydrogen-bond acceptors (Lipinski definition) is 4. The fraction of sp³-hybridized carbons (Fsp3) is 0.500. The van der Waals surface area contributed by atoms with Gasteiger partial charge in [0.05, 0.1) is 11.4 Å². The normalized spacial score (nSPS) is 19.0. The zero-order valence-electron chi connectivity index (χ0n) is 8.43. The van der Waals surface area contributed by atoms with Crippen molar-refractivity contribution in [3.8, 4) is 0 Å². The number of nitrogens with two attached hydrogens (primary N) is 1. The number of pyridine rings is 1. The molecule has 0 spiro atoms. The van der Waals surface area contributed by atoms with Crippen LogP contribution in [0.25, 0.3) is 0 Å². The standard InChI is InChI=1S/C10H14N4O/c11-14-12-7-8-3-1-4-9(13-8)10(15)5-2-6-10/h1,3-4,15H,2,5-7H2,(H2,11,12). The molecule has 1 aromatic heterocycles. The third kappa shape index (κ3) is 1.97. The lowest BCUT2D eigenvalue weighted by atomic mass is 9.77. The summed E-state index contributed by atoms with van der Waals surface area (Å²) in [4.78, 5) is 4.34. The maximum atomic E-state index is 10.1. The maximum Gasteiger partial charge on any atom is 0.106 e. The number of nitrogens with zero attached hydrogens (tertiary/aromatic N) is 3. The van der Waals surface area contributed by atoms with Gasteiger partial charge in [-0.05, 0) is 31.4 Å². The fourth-order valence-corrected chi connectivity index (χ4v) is 1.71. The van der Waals surface area contributed by atoms with E-state index in [2.05, 4.69) is 15.3 Å². The van der Waals surface area contributed by atoms with E-state index in [0.717, 1.165) is 30.7 Å². The Morgan fingerprint density at radius 2 is 2.27 bits per heavy atom. The van der Waals surface area contributed by atoms with Crippen molar-refractivity contribution in [2.45, 2.75) is 31.4 Å². The highest BCUT2D eigenvalue weighted by molar-refractivity contribution is 5.19. The molecule has 0 radical (unpaired) electrons. The highest BCUT2D eigenvalue weighted by Gasteiger charge is 2.37. The summed E-state index contributed by atoms with van der Waals surface area (Å²) in [6, 6.07) is 5.57. The summed E-state index contributed by atoms with van der Waals surface area (Å²) >= 11 is 0. The molecule has 1 aromatic rings. The average Bonchev–Trinajstić information content (AvgIpc) is 2.23. The van der Waals surface area contributed by atoms with Crippen molar-refractivity contribution in [2.75, 3.05) is 0 Å². The van der Waals surface area contributed by atoms with Crippen molar-refractivity contribution in [1.29, 1.82) is 0 Å². The van der Waals surface area contributed by atoms with Gasteiger partial charge in [-0.25, -0.2) is 0 Å². The summed E-state index contributed by atoms with van der Waals surface area (Å²) in [7, 11) is 0. The molecule has 1 heterocycles. The van der Waals surface area contributed by atoms with Crippen molar-refractivity contribution in [3.05, 3.63) is 29.6 Å². The van der Waals surface area contributed by atoms with E-state index in [4.69, 9.17) is 5.84 Å². The second-order valence-corrected chi connectivity index (χ2v) is 3.81. The number of aromatic nitrogens is 1. The lowest BCUT2D eigenvalue weighted by molar-refractivity contribution is -0.0427. The van der Waals surface area contributed by atoms with Crippen LogP contribution >= 0.6 is 0 Å². The first-order valence-electron chi connectivity index (χ1n) is 5.00. The summed E-state index contributed by atoms with van der Waals surface area (Å²) in [5.41, 5.74) is 0.802. The second-order valence-electron chi connectivity index (χ2n) is 3.81. The lowest BCUT2D eigenvalue weighted by Gasteiger charge is -2.36. The number of aliphatic hydroxyl groups is 1. The molecule has 1 aliphatic rings. The van der Waals surface area contributed by atoms with Crippen LogP contribution in [0.15, 0.2) is 28.5 Å². The van der Waals surface area contributed by atoms with Crippen LogP contribution in [-0.2, 0) is 12.1 Å². The van der Waals surface area contributed by atoms with Crippen molar-refractivity contribution >= 4 is 0 Å². The molecule has 0 aliphatic heterocycles. The van der Waals surface area contributed by atoms with E-state index in [0.29, 0.717) is 6.54 Å². The molecule has 0 atom stereocenters. The average molecular weight is 206 g/mol. The van der Waals surface area contributed by atoms with Crippen molar-refractivity contribution in [3.63, 3.8) is 0 Å². The Labute approximate surface area is 88.0 Å². The summed E-state index contributed by atoms with van der Waals surface area (Å²) in [5, 5.41) is 16.9. The van der Waals surface area contributed by atoms with Gasteiger partial charge in [0.2, 0.25) is 0 Å². The third-order valence-corrected chi connectivity index (χ3v) is 2.78. The Morgan fingerprint density at radius 1 is 1.47 bits per heavy atom. The first-order valence-corrected chi connectivity index (χ1v) is 5.00. The van der Waals surface area contributed by atoms with E-state index >= 15 is 0 Å². The first kappa shape index (κ1) is 10.0. The molecule has 80 valence electrons. The molecule has 2 rings (SSSR count). The van der Waals surface area contributed by atoms with E-state index in [-0.39, 0.29) is 0 Å². The maximum absolute atomic E-state index is 10.1. The zero-order valence-corrected chi connectivity index (χ0v) is 8.43. The molecule has 3 N–H and O–H groups in total. The van der Waals surface area contributed by atoms with Crippen LogP contribution in [-0.4, -0.2) is 10.1 Å². The molecule has 0 saturated heterocycles. The topological polar surface area (TPSA) is 83.9 Å². The van der Waals surface area contributed by atoms with E-state index in [1.165, 1.54) is 0 Å². The molecular weight excluding hydrogens is 192 g/mol. The van der Waals surface area contributed by atoms with E-state index in [1.54, 1.807) is 0 Å². The summed E-state index contributed by atoms with van der Waals surface area (Å²) in [5.74, 6) is 4.92. The largest absolute Gasteiger partial charge is 0.384 e. The van der Waals surface area contributed by atoms with Crippen LogP contribution in [0.1, 0.15) is 30.7 Å². The van der Waals surface area contributed by atoms with Crippen LogP contribution in [0.3, 0.4) is 0 Å². The summed E-state index contributed by atoms with van der Waals surface area (Å²) in [6.45, 7) is 0.362. The minimum Gasteiger partial charge on any atom is -0.384 e. The lowest BCUT2D eigenvalue weighted by Crippen LogP contribution is -2.34. The fourth-order valence-electron chi connectivity index (χ4n) is 1.71. The van der Waals surface area contributed by atoms with Gasteiger partial charge in [0.25, 0.3) is 0 Å². The van der Waals surface area contributed by atoms with Crippen LogP contribution < -0.4 is 5.84 Å². The van der Waals surface area contributed by atoms with Crippen molar-refractivity contribution in [1.82, 2.24) is 4.98 Å². The van der Waals surface area contributed by atoms with E-state index in [1.807, 2.05) is 18.2 Å². The molecule has 0 aromatic carbocycles. The first-order chi connectivity index (χ1) is 7.24. The van der Waals surface area contributed by atoms with Gasteiger partial charge < -0.3 is 10.9 Å². The predicted octanol–water partition coefficient (Wildman–Crippen LogP) is 1.28. The van der Waals surface area contributed by atoms with Gasteiger partial charge in [0.1, 0.15) is 12.1 Å². The third-order valence-electron chi connectivity index (χ3n) is 2.78. The van der Waals surface area contributed by atoms with Crippen molar-refractivity contribution < 1.29 is 5.11 Å². The molecule has 0 amide bonds. The van der Waals surface area contributed by atoms with Crippen LogP contribution in [0, 0.1) is 0 Å². The van der Waals surface area contributed by atoms with Gasteiger partial charge >= 0.3 is 0 Å². The summed E-state index contributed by atoms with van der Waals surface area (Å²) in [6.07, 6.45) is 2.65. The Bertz CT molecular complexity index is 373. The molecule has 1 aliphatic carbocycles. The molecule has 15 heavy (non-hydrogen) atoms. The zero-order chi connectivity index (χ0) is 10.7. The number of hydrogen-bond donors (Lipinski definition) is 2. The Hall–Kier alpha value is -1.49. The van der Waals surface area contributed by atoms with Crippen molar-refractivity contribution in [2.24, 2.45) is 16.2 Å². The van der Waals surface area contributed by atoms with Gasteiger partial charge in [-0.1, -0.05) is 11.3 Å². The highest BCUT2D eigenvalue weighted by Crippen LogP contribution is 2.39. The molecular formula is C10H14N4O. The number of rotatable bonds is 3. The van der Waals surface area contributed by atoms with Crippen LogP contribution in [0.4, 0.5) is 0 Å². The van der Waals surface area contributed by atoms with E-state index in [9.17, 15) is 5.11 Å². The van der Waals surface area contributed by atoms with Crippen LogP contribution in [0.2, 0.25) is 0 Å². The molecule has 1 saturated carbocycles. The smallest absolute Gasteiger partial charge is 0.106 e. The predicted molar refractivity (Wildman–Crippen MR) is 54.7 cm³/mol. The minimum atomic E-state index is -0.712. The van der Waals surface area contributed by atoms with E-state index < -0.39 is 5.60 Å². The SMILES string of the molecule is NN=NCc1cccc(C2(O)CCC2)n1. The Morgan fingerprint density at radius 3 is 2.87 bits per heavy atom. The molecule has 0 bridgehead atoms. The van der Waals surface area contributed by atoms with Gasteiger partial charge in [-0.3, -0.25) is 4.98 Å². The molecule has 0 unspecified atom stereocenters. The summed E-state index contributed by atoms with van der Waals surface area (Å²) < 4.78 is 0. The monoisotopic (exact) mass is 206 g/mol. The Balaban J connectivity index is 2.18. The van der Waals surface area contributed by atoms with Crippen LogP contribution in [0.5, 0.6) is 0 Å². The molecule has 5 heteroatoms. The molecule has 5 nitrogen and oxygen atoms in total. The quantitative estimate of drug-likeness (QED) is 0.444.